The lowest BCUT2D eigenvalue weighted by Crippen LogP contribution is -2.19. The van der Waals surface area contributed by atoms with E-state index in [0.717, 1.165) is 16.7 Å². The molecule has 2 heteroatoms. The van der Waals surface area contributed by atoms with E-state index in [4.69, 9.17) is 0 Å². The Balaban J connectivity index is 2.58. The number of rotatable bonds is 0. The fraction of sp³-hybridized carbons (Fsp3) is 0.333. The Morgan fingerprint density at radius 2 is 1.71 bits per heavy atom. The summed E-state index contributed by atoms with van der Waals surface area (Å²) in [7, 11) is 0. The van der Waals surface area contributed by atoms with E-state index in [1.54, 1.807) is 6.08 Å². The van der Waals surface area contributed by atoms with Crippen LogP contribution in [-0.4, -0.2) is 16.3 Å². The summed E-state index contributed by atoms with van der Waals surface area (Å²) in [6.07, 6.45) is 1.93. The second kappa shape index (κ2) is 3.23. The molecule has 2 rings (SSSR count). The van der Waals surface area contributed by atoms with Crippen LogP contribution in [0.2, 0.25) is 0 Å². The van der Waals surface area contributed by atoms with Gasteiger partial charge < -0.3 is 10.2 Å². The molecular weight excluding hydrogens is 176 g/mol. The Labute approximate surface area is 83.5 Å². The molecule has 0 aliphatic heterocycles. The number of aliphatic hydroxyl groups is 2. The van der Waals surface area contributed by atoms with Crippen LogP contribution in [0.3, 0.4) is 0 Å². The van der Waals surface area contributed by atoms with Gasteiger partial charge in [0.2, 0.25) is 0 Å². The van der Waals surface area contributed by atoms with Crippen LogP contribution in [0.25, 0.3) is 6.08 Å². The number of hydrogen-bond acceptors (Lipinski definition) is 2. The molecule has 1 aromatic rings. The summed E-state index contributed by atoms with van der Waals surface area (Å²) >= 11 is 0. The van der Waals surface area contributed by atoms with Gasteiger partial charge in [-0.2, -0.15) is 0 Å². The smallest absolute Gasteiger partial charge is 0.109 e. The van der Waals surface area contributed by atoms with Crippen molar-refractivity contribution in [2.75, 3.05) is 0 Å². The molecule has 0 fully saturated rings. The van der Waals surface area contributed by atoms with Crippen molar-refractivity contribution in [2.24, 2.45) is 0 Å². The zero-order chi connectivity index (χ0) is 10.3. The minimum absolute atomic E-state index is 0.774. The third-order valence-corrected chi connectivity index (χ3v) is 2.81. The molecule has 2 nitrogen and oxygen atoms in total. The van der Waals surface area contributed by atoms with E-state index in [2.05, 4.69) is 0 Å². The lowest BCUT2D eigenvalue weighted by atomic mass is 9.90. The first-order valence-electron chi connectivity index (χ1n) is 4.75. The highest BCUT2D eigenvalue weighted by molar-refractivity contribution is 5.60. The summed E-state index contributed by atoms with van der Waals surface area (Å²) in [5.74, 6) is 0. The van der Waals surface area contributed by atoms with Crippen LogP contribution in [0.1, 0.15) is 28.4 Å². The molecule has 0 saturated heterocycles. The first-order valence-corrected chi connectivity index (χ1v) is 4.75. The number of aryl methyl sites for hydroxylation is 2. The number of benzene rings is 1. The van der Waals surface area contributed by atoms with Gasteiger partial charge in [-0.15, -0.1) is 0 Å². The third kappa shape index (κ3) is 1.37. The van der Waals surface area contributed by atoms with Crippen molar-refractivity contribution >= 4 is 6.08 Å². The average Bonchev–Trinajstić information content (AvgIpc) is 2.15. The summed E-state index contributed by atoms with van der Waals surface area (Å²) in [6.45, 7) is 4.05. The van der Waals surface area contributed by atoms with Gasteiger partial charge >= 0.3 is 0 Å². The number of fused-ring (bicyclic) bond motifs is 1. The molecule has 14 heavy (non-hydrogen) atoms. The van der Waals surface area contributed by atoms with E-state index in [9.17, 15) is 10.2 Å². The van der Waals surface area contributed by atoms with Crippen LogP contribution in [0, 0.1) is 13.8 Å². The molecule has 1 aromatic carbocycles. The van der Waals surface area contributed by atoms with Crippen LogP contribution >= 0.6 is 0 Å². The Morgan fingerprint density at radius 1 is 1.07 bits per heavy atom. The molecule has 1 aliphatic rings. The molecular formula is C12H14O2. The molecule has 1 aliphatic carbocycles. The van der Waals surface area contributed by atoms with E-state index in [-0.39, 0.29) is 0 Å². The first kappa shape index (κ1) is 9.44. The molecule has 0 unspecified atom stereocenters. The lowest BCUT2D eigenvalue weighted by Gasteiger charge is -2.22. The third-order valence-electron chi connectivity index (χ3n) is 2.81. The fourth-order valence-electron chi connectivity index (χ4n) is 1.75. The highest BCUT2D eigenvalue weighted by Crippen LogP contribution is 2.29. The summed E-state index contributed by atoms with van der Waals surface area (Å²) < 4.78 is 0. The standard InChI is InChI=1S/C12H14O2/c1-7-5-9-3-4-11(13)12(14)10(9)6-8(7)2/h3-6,11-14H,1-2H3/t11-,12+/m0/s1. The van der Waals surface area contributed by atoms with Crippen molar-refractivity contribution < 1.29 is 10.2 Å². The van der Waals surface area contributed by atoms with Gasteiger partial charge in [0.25, 0.3) is 0 Å². The Hall–Kier alpha value is -1.12. The van der Waals surface area contributed by atoms with Crippen molar-refractivity contribution in [3.8, 4) is 0 Å². The van der Waals surface area contributed by atoms with Crippen molar-refractivity contribution in [3.63, 3.8) is 0 Å². The lowest BCUT2D eigenvalue weighted by molar-refractivity contribution is 0.0469. The Morgan fingerprint density at radius 3 is 2.43 bits per heavy atom. The van der Waals surface area contributed by atoms with Gasteiger partial charge in [-0.1, -0.05) is 24.3 Å². The van der Waals surface area contributed by atoms with Gasteiger partial charge in [-0.25, -0.2) is 0 Å². The van der Waals surface area contributed by atoms with E-state index in [1.807, 2.05) is 32.1 Å². The number of aliphatic hydroxyl groups excluding tert-OH is 2. The molecule has 0 saturated carbocycles. The molecule has 0 heterocycles. The zero-order valence-corrected chi connectivity index (χ0v) is 8.36. The van der Waals surface area contributed by atoms with E-state index >= 15 is 0 Å². The van der Waals surface area contributed by atoms with Gasteiger partial charge in [-0.05, 0) is 36.1 Å². The minimum atomic E-state index is -0.783. The van der Waals surface area contributed by atoms with Crippen molar-refractivity contribution in [3.05, 3.63) is 40.5 Å². The molecule has 0 bridgehead atoms. The summed E-state index contributed by atoms with van der Waals surface area (Å²) in [5, 5.41) is 19.2. The number of hydrogen-bond donors (Lipinski definition) is 2. The van der Waals surface area contributed by atoms with E-state index in [0.29, 0.717) is 0 Å². The van der Waals surface area contributed by atoms with Gasteiger partial charge in [0.15, 0.2) is 0 Å². The maximum Gasteiger partial charge on any atom is 0.109 e. The highest BCUT2D eigenvalue weighted by Gasteiger charge is 2.22. The highest BCUT2D eigenvalue weighted by atomic mass is 16.3. The summed E-state index contributed by atoms with van der Waals surface area (Å²) in [4.78, 5) is 0. The maximum absolute atomic E-state index is 9.74. The predicted molar refractivity (Wildman–Crippen MR) is 55.9 cm³/mol. The Kier molecular flexibility index (Phi) is 2.17. The Bertz CT molecular complexity index is 394. The molecule has 74 valence electrons. The van der Waals surface area contributed by atoms with E-state index in [1.165, 1.54) is 5.56 Å². The van der Waals surface area contributed by atoms with Gasteiger partial charge in [0.05, 0.1) is 0 Å². The summed E-state index contributed by atoms with van der Waals surface area (Å²) in [5.41, 5.74) is 4.18. The SMILES string of the molecule is Cc1cc2c(cc1C)[C@@H](O)[C@@H](O)C=C2. The fourth-order valence-corrected chi connectivity index (χ4v) is 1.75. The van der Waals surface area contributed by atoms with Crippen LogP contribution in [-0.2, 0) is 0 Å². The molecule has 0 amide bonds. The second-order valence-electron chi connectivity index (χ2n) is 3.86. The van der Waals surface area contributed by atoms with Crippen LogP contribution in [0.5, 0.6) is 0 Å². The van der Waals surface area contributed by atoms with Crippen LogP contribution in [0.4, 0.5) is 0 Å². The van der Waals surface area contributed by atoms with Gasteiger partial charge in [0.1, 0.15) is 12.2 Å². The monoisotopic (exact) mass is 190 g/mol. The minimum Gasteiger partial charge on any atom is -0.386 e. The molecule has 0 spiro atoms. The van der Waals surface area contributed by atoms with Crippen LogP contribution < -0.4 is 0 Å². The molecule has 0 radical (unpaired) electrons. The molecule has 2 N–H and O–H groups in total. The largest absolute Gasteiger partial charge is 0.386 e. The molecule has 2 atom stereocenters. The van der Waals surface area contributed by atoms with Gasteiger partial charge in [0, 0.05) is 0 Å². The first-order chi connectivity index (χ1) is 6.59. The maximum atomic E-state index is 9.74. The predicted octanol–water partition coefficient (Wildman–Crippen LogP) is 1.72. The normalized spacial score (nSPS) is 24.9. The average molecular weight is 190 g/mol. The van der Waals surface area contributed by atoms with Crippen LogP contribution in [0.15, 0.2) is 18.2 Å². The zero-order valence-electron chi connectivity index (χ0n) is 8.36. The second-order valence-corrected chi connectivity index (χ2v) is 3.86. The quantitative estimate of drug-likeness (QED) is 0.654. The van der Waals surface area contributed by atoms with Crippen molar-refractivity contribution in [1.29, 1.82) is 0 Å². The van der Waals surface area contributed by atoms with Gasteiger partial charge in [-0.3, -0.25) is 0 Å². The van der Waals surface area contributed by atoms with Crippen molar-refractivity contribution in [2.45, 2.75) is 26.1 Å². The summed E-state index contributed by atoms with van der Waals surface area (Å²) in [6, 6.07) is 3.98. The molecule has 0 aromatic heterocycles. The van der Waals surface area contributed by atoms with E-state index < -0.39 is 12.2 Å². The van der Waals surface area contributed by atoms with Crippen molar-refractivity contribution in [1.82, 2.24) is 0 Å². The topological polar surface area (TPSA) is 40.5 Å².